The second kappa shape index (κ2) is 12.1. The molecule has 1 unspecified atom stereocenters. The number of para-hydroxylation sites is 3. The van der Waals surface area contributed by atoms with Gasteiger partial charge in [0.05, 0.1) is 43.5 Å². The molecule has 0 saturated heterocycles. The summed E-state index contributed by atoms with van der Waals surface area (Å²) < 4.78 is 19.1. The van der Waals surface area contributed by atoms with Gasteiger partial charge in [-0.25, -0.2) is 4.98 Å². The van der Waals surface area contributed by atoms with E-state index in [1.807, 2.05) is 80.6 Å². The topological polar surface area (TPSA) is 74.6 Å². The number of carbonyl (C=O) groups excluding carboxylic acids is 1. The molecule has 1 aromatic heterocycles. The molecule has 192 valence electrons. The molecule has 7 heteroatoms. The largest absolute Gasteiger partial charge is 0.496 e. The lowest BCUT2D eigenvalue weighted by Gasteiger charge is -2.17. The fraction of sp³-hybridized carbons (Fsp3) is 0.267. The Labute approximate surface area is 217 Å². The van der Waals surface area contributed by atoms with Crippen LogP contribution in [0.5, 0.6) is 17.2 Å². The molecule has 0 aliphatic carbocycles. The van der Waals surface area contributed by atoms with Crippen LogP contribution in [0, 0.1) is 0 Å². The van der Waals surface area contributed by atoms with Crippen LogP contribution in [0.4, 0.5) is 0 Å². The Morgan fingerprint density at radius 3 is 2.54 bits per heavy atom. The van der Waals surface area contributed by atoms with Crippen molar-refractivity contribution in [2.75, 3.05) is 20.8 Å². The van der Waals surface area contributed by atoms with Gasteiger partial charge in [0.25, 0.3) is 5.91 Å². The number of hydrogen-bond donors (Lipinski definition) is 1. The molecule has 1 N–H and O–H groups in total. The summed E-state index contributed by atoms with van der Waals surface area (Å²) in [6.07, 6.45) is 4.76. The predicted octanol–water partition coefficient (Wildman–Crippen LogP) is 6.05. The summed E-state index contributed by atoms with van der Waals surface area (Å²) in [4.78, 5) is 17.9. The molecular weight excluding hydrogens is 466 g/mol. The number of allylic oxidation sites excluding steroid dienone is 1. The monoisotopic (exact) mass is 499 g/mol. The first-order valence-corrected chi connectivity index (χ1v) is 12.4. The van der Waals surface area contributed by atoms with Gasteiger partial charge < -0.3 is 24.1 Å². The van der Waals surface area contributed by atoms with Crippen LogP contribution in [0.2, 0.25) is 0 Å². The van der Waals surface area contributed by atoms with Crippen molar-refractivity contribution in [2.45, 2.75) is 32.9 Å². The molecule has 7 nitrogen and oxygen atoms in total. The van der Waals surface area contributed by atoms with Crippen LogP contribution >= 0.6 is 0 Å². The molecule has 0 radical (unpaired) electrons. The second-order valence-electron chi connectivity index (χ2n) is 8.62. The summed E-state index contributed by atoms with van der Waals surface area (Å²) in [6, 6.07) is 20.8. The molecule has 0 spiro atoms. The van der Waals surface area contributed by atoms with Crippen molar-refractivity contribution in [1.29, 1.82) is 0 Å². The molecule has 1 amide bonds. The van der Waals surface area contributed by atoms with Gasteiger partial charge in [-0.2, -0.15) is 0 Å². The number of amides is 1. The average Bonchev–Trinajstić information content (AvgIpc) is 3.30. The van der Waals surface area contributed by atoms with E-state index in [-0.39, 0.29) is 11.9 Å². The van der Waals surface area contributed by atoms with Crippen molar-refractivity contribution in [2.24, 2.45) is 0 Å². The zero-order chi connectivity index (χ0) is 26.2. The maximum Gasteiger partial charge on any atom is 0.255 e. The summed E-state index contributed by atoms with van der Waals surface area (Å²) in [5.74, 6) is 2.53. The molecule has 0 fully saturated rings. The quantitative estimate of drug-likeness (QED) is 0.254. The molecule has 4 rings (SSSR count). The molecule has 3 aromatic carbocycles. The molecular formula is C30H33N3O4. The molecule has 1 atom stereocenters. The van der Waals surface area contributed by atoms with Gasteiger partial charge in [-0.3, -0.25) is 4.79 Å². The van der Waals surface area contributed by atoms with Gasteiger partial charge in [-0.1, -0.05) is 42.5 Å². The number of nitrogens with zero attached hydrogens (tertiary/aromatic N) is 2. The summed E-state index contributed by atoms with van der Waals surface area (Å²) in [5, 5.41) is 3.08. The lowest BCUT2D eigenvalue weighted by atomic mass is 10.1. The van der Waals surface area contributed by atoms with Gasteiger partial charge in [-0.05, 0) is 62.2 Å². The van der Waals surface area contributed by atoms with E-state index in [4.69, 9.17) is 19.2 Å². The van der Waals surface area contributed by atoms with Crippen molar-refractivity contribution < 1.29 is 19.0 Å². The Bertz CT molecular complexity index is 1390. The van der Waals surface area contributed by atoms with Gasteiger partial charge >= 0.3 is 0 Å². The molecule has 1 heterocycles. The highest BCUT2D eigenvalue weighted by Crippen LogP contribution is 2.29. The second-order valence-corrected chi connectivity index (χ2v) is 8.62. The number of aryl methyl sites for hydroxylation is 1. The van der Waals surface area contributed by atoms with E-state index >= 15 is 0 Å². The van der Waals surface area contributed by atoms with Crippen LogP contribution in [0.25, 0.3) is 17.1 Å². The summed E-state index contributed by atoms with van der Waals surface area (Å²) in [5.41, 5.74) is 3.45. The zero-order valence-corrected chi connectivity index (χ0v) is 21.7. The van der Waals surface area contributed by atoms with Crippen LogP contribution in [0.3, 0.4) is 0 Å². The Balaban J connectivity index is 1.48. The number of nitrogens with one attached hydrogen (secondary N) is 1. The van der Waals surface area contributed by atoms with E-state index in [0.717, 1.165) is 28.8 Å². The van der Waals surface area contributed by atoms with Gasteiger partial charge in [-0.15, -0.1) is 0 Å². The van der Waals surface area contributed by atoms with Crippen molar-refractivity contribution in [3.05, 3.63) is 89.8 Å². The minimum Gasteiger partial charge on any atom is -0.496 e. The summed E-state index contributed by atoms with van der Waals surface area (Å²) >= 11 is 0. The van der Waals surface area contributed by atoms with E-state index in [9.17, 15) is 4.79 Å². The standard InChI is InChI=1S/C30H33N3O4/c1-5-11-22-16-17-27(28(20-22)36-4)37-19-10-18-33-25-14-8-7-13-24(25)32-29(33)21(2)31-30(34)23-12-6-9-15-26(23)35-3/h5-9,11-17,20-21H,10,18-19H2,1-4H3,(H,31,34)/b11-5+. The number of rotatable bonds is 11. The lowest BCUT2D eigenvalue weighted by Crippen LogP contribution is -2.29. The van der Waals surface area contributed by atoms with Crippen LogP contribution in [0.1, 0.15) is 48.1 Å². The Morgan fingerprint density at radius 1 is 1.00 bits per heavy atom. The van der Waals surface area contributed by atoms with Gasteiger partial charge in [0, 0.05) is 6.54 Å². The van der Waals surface area contributed by atoms with Crippen molar-refractivity contribution in [3.63, 3.8) is 0 Å². The fourth-order valence-electron chi connectivity index (χ4n) is 4.34. The first-order chi connectivity index (χ1) is 18.0. The van der Waals surface area contributed by atoms with E-state index in [0.29, 0.717) is 36.0 Å². The number of carbonyl (C=O) groups is 1. The highest BCUT2D eigenvalue weighted by Gasteiger charge is 2.20. The van der Waals surface area contributed by atoms with Gasteiger partial charge in [0.15, 0.2) is 11.5 Å². The molecule has 0 saturated carbocycles. The first kappa shape index (κ1) is 25.8. The van der Waals surface area contributed by atoms with Crippen LogP contribution in [-0.4, -0.2) is 36.3 Å². The third-order valence-corrected chi connectivity index (χ3v) is 6.10. The Hall–Kier alpha value is -4.26. The van der Waals surface area contributed by atoms with Crippen molar-refractivity contribution in [3.8, 4) is 17.2 Å². The normalized spacial score (nSPS) is 12.0. The Morgan fingerprint density at radius 2 is 1.76 bits per heavy atom. The summed E-state index contributed by atoms with van der Waals surface area (Å²) in [7, 11) is 3.20. The zero-order valence-electron chi connectivity index (χ0n) is 21.7. The number of hydrogen-bond acceptors (Lipinski definition) is 5. The van der Waals surface area contributed by atoms with Crippen LogP contribution in [0.15, 0.2) is 72.8 Å². The number of fused-ring (bicyclic) bond motifs is 1. The highest BCUT2D eigenvalue weighted by atomic mass is 16.5. The SMILES string of the molecule is C/C=C/c1ccc(OCCCn2c(C(C)NC(=O)c3ccccc3OC)nc3ccccc32)c(OC)c1. The third kappa shape index (κ3) is 5.94. The number of ether oxygens (including phenoxy) is 3. The third-order valence-electron chi connectivity index (χ3n) is 6.10. The molecule has 0 bridgehead atoms. The Kier molecular flexibility index (Phi) is 8.46. The summed E-state index contributed by atoms with van der Waals surface area (Å²) in [6.45, 7) is 5.12. The number of imidazole rings is 1. The van der Waals surface area contributed by atoms with Crippen LogP contribution < -0.4 is 19.5 Å². The highest BCUT2D eigenvalue weighted by molar-refractivity contribution is 5.97. The maximum atomic E-state index is 13.0. The number of aromatic nitrogens is 2. The van der Waals surface area contributed by atoms with E-state index < -0.39 is 0 Å². The van der Waals surface area contributed by atoms with Crippen molar-refractivity contribution >= 4 is 23.0 Å². The lowest BCUT2D eigenvalue weighted by molar-refractivity contribution is 0.0934. The van der Waals surface area contributed by atoms with E-state index in [2.05, 4.69) is 9.88 Å². The van der Waals surface area contributed by atoms with Gasteiger partial charge in [0.2, 0.25) is 0 Å². The maximum absolute atomic E-state index is 13.0. The molecule has 37 heavy (non-hydrogen) atoms. The van der Waals surface area contributed by atoms with Crippen molar-refractivity contribution in [1.82, 2.24) is 14.9 Å². The first-order valence-electron chi connectivity index (χ1n) is 12.4. The average molecular weight is 500 g/mol. The van der Waals surface area contributed by atoms with E-state index in [1.165, 1.54) is 0 Å². The molecule has 0 aliphatic rings. The minimum atomic E-state index is -0.315. The van der Waals surface area contributed by atoms with E-state index in [1.54, 1.807) is 26.4 Å². The van der Waals surface area contributed by atoms with Crippen LogP contribution in [-0.2, 0) is 6.54 Å². The predicted molar refractivity (Wildman–Crippen MR) is 146 cm³/mol. The smallest absolute Gasteiger partial charge is 0.255 e. The minimum absolute atomic E-state index is 0.208. The molecule has 4 aromatic rings. The molecule has 0 aliphatic heterocycles. The number of methoxy groups -OCH3 is 2. The number of benzene rings is 3. The van der Waals surface area contributed by atoms with Gasteiger partial charge in [0.1, 0.15) is 11.6 Å². The fourth-order valence-corrected chi connectivity index (χ4v) is 4.34.